The molecule has 0 radical (unpaired) electrons. The second-order valence-corrected chi connectivity index (χ2v) is 9.93. The lowest BCUT2D eigenvalue weighted by Crippen LogP contribution is -2.54. The standard InChI is InChI=1S/C22H30O3/c1-20-9-5-15(23)13-14(20)3-4-16-17(20)6-10-21(2)18(16)7-11-22(21)12-8-19(24)25-22/h13,16-18H,3-12H2,1-2H3/t16?,17?,18?,20-,21-,22+/m0/s1. The smallest absolute Gasteiger partial charge is 0.306 e. The Bertz CT molecular complexity index is 679. The lowest BCUT2D eigenvalue weighted by molar-refractivity contribution is -0.168. The van der Waals surface area contributed by atoms with Crippen LogP contribution >= 0.6 is 0 Å². The highest BCUT2D eigenvalue weighted by molar-refractivity contribution is 5.91. The number of carbonyl (C=O) groups is 2. The predicted molar refractivity (Wildman–Crippen MR) is 94.8 cm³/mol. The zero-order chi connectivity index (χ0) is 17.4. The number of fused-ring (bicyclic) bond motifs is 6. The third-order valence-corrected chi connectivity index (χ3v) is 9.29. The van der Waals surface area contributed by atoms with Gasteiger partial charge in [-0.3, -0.25) is 9.59 Å². The molecule has 1 aliphatic heterocycles. The van der Waals surface area contributed by atoms with Gasteiger partial charge in [0.05, 0.1) is 0 Å². The van der Waals surface area contributed by atoms with Gasteiger partial charge in [-0.25, -0.2) is 0 Å². The van der Waals surface area contributed by atoms with Gasteiger partial charge in [0.25, 0.3) is 0 Å². The van der Waals surface area contributed by atoms with Crippen LogP contribution in [0.4, 0.5) is 0 Å². The lowest BCUT2D eigenvalue weighted by Gasteiger charge is -2.59. The topological polar surface area (TPSA) is 43.4 Å². The highest BCUT2D eigenvalue weighted by Crippen LogP contribution is 2.69. The van der Waals surface area contributed by atoms with Crippen molar-refractivity contribution in [2.24, 2.45) is 28.6 Å². The number of hydrogen-bond donors (Lipinski definition) is 0. The van der Waals surface area contributed by atoms with Crippen molar-refractivity contribution in [2.75, 3.05) is 0 Å². The van der Waals surface area contributed by atoms with Crippen molar-refractivity contribution in [1.29, 1.82) is 0 Å². The first kappa shape index (κ1) is 16.1. The van der Waals surface area contributed by atoms with Crippen molar-refractivity contribution in [3.63, 3.8) is 0 Å². The summed E-state index contributed by atoms with van der Waals surface area (Å²) in [4.78, 5) is 23.8. The summed E-state index contributed by atoms with van der Waals surface area (Å²) in [5.41, 5.74) is 1.68. The van der Waals surface area contributed by atoms with Crippen LogP contribution < -0.4 is 0 Å². The molecule has 5 aliphatic rings. The molecule has 0 aromatic heterocycles. The van der Waals surface area contributed by atoms with Crippen LogP contribution in [-0.2, 0) is 14.3 Å². The Morgan fingerprint density at radius 3 is 2.48 bits per heavy atom. The largest absolute Gasteiger partial charge is 0.458 e. The van der Waals surface area contributed by atoms with E-state index in [4.69, 9.17) is 4.74 Å². The second-order valence-electron chi connectivity index (χ2n) is 9.93. The molecule has 1 heterocycles. The van der Waals surface area contributed by atoms with E-state index in [9.17, 15) is 9.59 Å². The third kappa shape index (κ3) is 1.93. The quantitative estimate of drug-likeness (QED) is 0.605. The number of rotatable bonds is 0. The molecule has 136 valence electrons. The SMILES string of the molecule is C[C@]12CCC(=O)C=C1CCC1C2CC[C@@]2(C)C1CC[C@@]21CCC(=O)O1. The van der Waals surface area contributed by atoms with Gasteiger partial charge < -0.3 is 4.74 Å². The van der Waals surface area contributed by atoms with Crippen LogP contribution in [0.15, 0.2) is 11.6 Å². The first-order chi connectivity index (χ1) is 11.9. The molecule has 3 nitrogen and oxygen atoms in total. The highest BCUT2D eigenvalue weighted by atomic mass is 16.6. The van der Waals surface area contributed by atoms with Crippen molar-refractivity contribution in [3.8, 4) is 0 Å². The first-order valence-corrected chi connectivity index (χ1v) is 10.3. The molecule has 6 atom stereocenters. The Kier molecular flexibility index (Phi) is 3.21. The molecule has 1 spiro atoms. The second kappa shape index (κ2) is 4.98. The molecule has 1 saturated heterocycles. The molecular weight excluding hydrogens is 312 g/mol. The van der Waals surface area contributed by atoms with E-state index < -0.39 is 0 Å². The molecule has 0 bridgehead atoms. The predicted octanol–water partition coefficient (Wildman–Crippen LogP) is 4.59. The van der Waals surface area contributed by atoms with Gasteiger partial charge in [-0.05, 0) is 80.6 Å². The van der Waals surface area contributed by atoms with E-state index in [-0.39, 0.29) is 22.4 Å². The number of carbonyl (C=O) groups excluding carboxylic acids is 2. The molecule has 0 aromatic rings. The first-order valence-electron chi connectivity index (χ1n) is 10.3. The average Bonchev–Trinajstić information content (AvgIpc) is 3.10. The van der Waals surface area contributed by atoms with Gasteiger partial charge in [0.1, 0.15) is 5.60 Å². The monoisotopic (exact) mass is 342 g/mol. The number of hydrogen-bond acceptors (Lipinski definition) is 3. The number of allylic oxidation sites excluding steroid dienone is 1. The molecule has 5 rings (SSSR count). The van der Waals surface area contributed by atoms with Crippen molar-refractivity contribution >= 4 is 11.8 Å². The number of ether oxygens (including phenoxy) is 1. The minimum atomic E-state index is -0.167. The van der Waals surface area contributed by atoms with Crippen LogP contribution in [0, 0.1) is 28.6 Å². The maximum atomic E-state index is 11.9. The van der Waals surface area contributed by atoms with Crippen molar-refractivity contribution in [3.05, 3.63) is 11.6 Å². The van der Waals surface area contributed by atoms with Crippen LogP contribution in [0.25, 0.3) is 0 Å². The third-order valence-electron chi connectivity index (χ3n) is 9.29. The van der Waals surface area contributed by atoms with E-state index in [0.29, 0.717) is 24.0 Å². The Balaban J connectivity index is 1.49. The molecule has 3 saturated carbocycles. The zero-order valence-corrected chi connectivity index (χ0v) is 15.6. The average molecular weight is 342 g/mol. The van der Waals surface area contributed by atoms with E-state index in [2.05, 4.69) is 13.8 Å². The minimum Gasteiger partial charge on any atom is -0.458 e. The van der Waals surface area contributed by atoms with Crippen LogP contribution in [0.1, 0.15) is 78.1 Å². The summed E-state index contributed by atoms with van der Waals surface area (Å²) in [5.74, 6) is 2.51. The number of esters is 1. The fourth-order valence-electron chi connectivity index (χ4n) is 7.85. The molecule has 4 aliphatic carbocycles. The Hall–Kier alpha value is -1.12. The molecular formula is C22H30O3. The Morgan fingerprint density at radius 1 is 0.920 bits per heavy atom. The van der Waals surface area contributed by atoms with Crippen molar-refractivity contribution in [2.45, 2.75) is 83.7 Å². The maximum absolute atomic E-state index is 11.9. The molecule has 0 aromatic carbocycles. The van der Waals surface area contributed by atoms with E-state index >= 15 is 0 Å². The van der Waals surface area contributed by atoms with Gasteiger partial charge in [0.2, 0.25) is 0 Å². The molecule has 3 heteroatoms. The van der Waals surface area contributed by atoms with Gasteiger partial charge in [0.15, 0.2) is 5.78 Å². The summed E-state index contributed by atoms with van der Waals surface area (Å²) >= 11 is 0. The minimum absolute atomic E-state index is 0.0237. The van der Waals surface area contributed by atoms with Crippen LogP contribution in [0.3, 0.4) is 0 Å². The van der Waals surface area contributed by atoms with Crippen molar-refractivity contribution in [1.82, 2.24) is 0 Å². The van der Waals surface area contributed by atoms with Gasteiger partial charge in [-0.1, -0.05) is 19.4 Å². The molecule has 25 heavy (non-hydrogen) atoms. The van der Waals surface area contributed by atoms with E-state index in [0.717, 1.165) is 38.0 Å². The van der Waals surface area contributed by atoms with Crippen LogP contribution in [0.5, 0.6) is 0 Å². The summed E-state index contributed by atoms with van der Waals surface area (Å²) in [6, 6.07) is 0. The summed E-state index contributed by atoms with van der Waals surface area (Å²) in [7, 11) is 0. The van der Waals surface area contributed by atoms with Gasteiger partial charge in [-0.2, -0.15) is 0 Å². The van der Waals surface area contributed by atoms with Crippen molar-refractivity contribution < 1.29 is 14.3 Å². The number of ketones is 1. The zero-order valence-electron chi connectivity index (χ0n) is 15.6. The molecule has 0 amide bonds. The van der Waals surface area contributed by atoms with E-state index in [1.807, 2.05) is 6.08 Å². The summed E-state index contributed by atoms with van der Waals surface area (Å²) in [6.07, 6.45) is 12.3. The maximum Gasteiger partial charge on any atom is 0.306 e. The van der Waals surface area contributed by atoms with Gasteiger partial charge in [-0.15, -0.1) is 0 Å². The molecule has 3 unspecified atom stereocenters. The van der Waals surface area contributed by atoms with E-state index in [1.54, 1.807) is 0 Å². The molecule has 4 fully saturated rings. The van der Waals surface area contributed by atoms with Crippen LogP contribution in [-0.4, -0.2) is 17.4 Å². The van der Waals surface area contributed by atoms with Gasteiger partial charge >= 0.3 is 5.97 Å². The normalized spacial score (nSPS) is 51.6. The lowest BCUT2D eigenvalue weighted by atomic mass is 9.46. The molecule has 0 N–H and O–H groups in total. The highest BCUT2D eigenvalue weighted by Gasteiger charge is 2.66. The summed E-state index contributed by atoms with van der Waals surface area (Å²) in [6.45, 7) is 4.86. The van der Waals surface area contributed by atoms with Crippen LogP contribution in [0.2, 0.25) is 0 Å². The Labute approximate surface area is 150 Å². The fraction of sp³-hybridized carbons (Fsp3) is 0.818. The van der Waals surface area contributed by atoms with Gasteiger partial charge in [0, 0.05) is 18.3 Å². The van der Waals surface area contributed by atoms with E-state index in [1.165, 1.54) is 31.3 Å². The summed E-state index contributed by atoms with van der Waals surface area (Å²) in [5, 5.41) is 0. The fourth-order valence-corrected chi connectivity index (χ4v) is 7.85. The summed E-state index contributed by atoms with van der Waals surface area (Å²) < 4.78 is 6.01. The Morgan fingerprint density at radius 2 is 1.72 bits per heavy atom.